The van der Waals surface area contributed by atoms with Gasteiger partial charge in [0.2, 0.25) is 0 Å². The molecule has 2 aromatic rings. The average Bonchev–Trinajstić information content (AvgIpc) is 2.42. The third kappa shape index (κ3) is 3.18. The van der Waals surface area contributed by atoms with E-state index in [1.165, 1.54) is 36.4 Å². The zero-order valence-electron chi connectivity index (χ0n) is 10.3. The van der Waals surface area contributed by atoms with Crippen molar-refractivity contribution in [1.82, 2.24) is 0 Å². The lowest BCUT2D eigenvalue weighted by molar-refractivity contribution is -0.384. The number of halogens is 1. The SMILES string of the molecule is Nc1ccc(F)cc1S(=O)Cc1ccc([N+](=O)[O-])cc1. The van der Waals surface area contributed by atoms with Crippen LogP contribution in [0, 0.1) is 15.9 Å². The normalized spacial score (nSPS) is 12.1. The minimum absolute atomic E-state index is 0.0372. The van der Waals surface area contributed by atoms with Gasteiger partial charge >= 0.3 is 0 Å². The smallest absolute Gasteiger partial charge is 0.269 e. The lowest BCUT2D eigenvalue weighted by Crippen LogP contribution is -2.01. The zero-order chi connectivity index (χ0) is 14.7. The van der Waals surface area contributed by atoms with E-state index in [1.54, 1.807) is 0 Å². The number of rotatable bonds is 4. The lowest BCUT2D eigenvalue weighted by Gasteiger charge is -2.06. The Hall–Kier alpha value is -2.28. The Labute approximate surface area is 116 Å². The average molecular weight is 294 g/mol. The largest absolute Gasteiger partial charge is 0.398 e. The van der Waals surface area contributed by atoms with Crippen molar-refractivity contribution in [2.75, 3.05) is 5.73 Å². The topological polar surface area (TPSA) is 86.2 Å². The number of nitro benzene ring substituents is 1. The summed E-state index contributed by atoms with van der Waals surface area (Å²) in [6.07, 6.45) is 0. The van der Waals surface area contributed by atoms with Gasteiger partial charge in [0, 0.05) is 17.8 Å². The maximum absolute atomic E-state index is 13.1. The van der Waals surface area contributed by atoms with E-state index in [1.807, 2.05) is 0 Å². The van der Waals surface area contributed by atoms with Crippen LogP contribution in [0.2, 0.25) is 0 Å². The van der Waals surface area contributed by atoms with E-state index in [-0.39, 0.29) is 22.0 Å². The van der Waals surface area contributed by atoms with E-state index in [0.29, 0.717) is 5.56 Å². The van der Waals surface area contributed by atoms with Gasteiger partial charge in [-0.15, -0.1) is 0 Å². The van der Waals surface area contributed by atoms with Crippen LogP contribution in [0.5, 0.6) is 0 Å². The standard InChI is InChI=1S/C13H11FN2O3S/c14-10-3-6-12(15)13(7-10)20(19)8-9-1-4-11(5-2-9)16(17)18/h1-7H,8,15H2. The summed E-state index contributed by atoms with van der Waals surface area (Å²) in [6.45, 7) is 0. The van der Waals surface area contributed by atoms with E-state index in [0.717, 1.165) is 6.07 Å². The molecular formula is C13H11FN2O3S. The summed E-state index contributed by atoms with van der Waals surface area (Å²) in [5.41, 5.74) is 6.53. The molecule has 2 aromatic carbocycles. The van der Waals surface area contributed by atoms with Crippen LogP contribution in [0.15, 0.2) is 47.4 Å². The molecule has 0 aliphatic heterocycles. The predicted octanol–water partition coefficient (Wildman–Crippen LogP) is 2.62. The van der Waals surface area contributed by atoms with Gasteiger partial charge in [0.05, 0.1) is 26.4 Å². The summed E-state index contributed by atoms with van der Waals surface area (Å²) in [6, 6.07) is 9.40. The number of nitrogen functional groups attached to an aromatic ring is 1. The minimum Gasteiger partial charge on any atom is -0.398 e. The van der Waals surface area contributed by atoms with Crippen molar-refractivity contribution in [3.8, 4) is 0 Å². The molecule has 0 aromatic heterocycles. The second kappa shape index (κ2) is 5.79. The van der Waals surface area contributed by atoms with E-state index >= 15 is 0 Å². The first kappa shape index (κ1) is 14.1. The molecule has 0 heterocycles. The van der Waals surface area contributed by atoms with Crippen LogP contribution in [-0.2, 0) is 16.6 Å². The Bertz CT molecular complexity index is 674. The van der Waals surface area contributed by atoms with Gasteiger partial charge in [-0.1, -0.05) is 12.1 Å². The van der Waals surface area contributed by atoms with Crippen molar-refractivity contribution in [3.05, 3.63) is 64.0 Å². The fourth-order valence-corrected chi connectivity index (χ4v) is 2.87. The Kier molecular flexibility index (Phi) is 4.09. The van der Waals surface area contributed by atoms with E-state index in [4.69, 9.17) is 5.73 Å². The number of hydrogen-bond acceptors (Lipinski definition) is 4. The fourth-order valence-electron chi connectivity index (χ4n) is 1.65. The quantitative estimate of drug-likeness (QED) is 0.533. The number of nitrogens with zero attached hydrogens (tertiary/aromatic N) is 1. The summed E-state index contributed by atoms with van der Waals surface area (Å²) in [7, 11) is -1.51. The van der Waals surface area contributed by atoms with Crippen molar-refractivity contribution in [1.29, 1.82) is 0 Å². The van der Waals surface area contributed by atoms with Crippen LogP contribution in [0.3, 0.4) is 0 Å². The number of anilines is 1. The van der Waals surface area contributed by atoms with Gasteiger partial charge in [-0.05, 0) is 23.8 Å². The second-order valence-corrected chi connectivity index (χ2v) is 5.52. The monoisotopic (exact) mass is 294 g/mol. The maximum Gasteiger partial charge on any atom is 0.269 e. The van der Waals surface area contributed by atoms with Crippen molar-refractivity contribution in [2.24, 2.45) is 0 Å². The highest BCUT2D eigenvalue weighted by molar-refractivity contribution is 7.84. The van der Waals surface area contributed by atoms with Gasteiger partial charge in [0.1, 0.15) is 5.82 Å². The molecule has 0 bridgehead atoms. The molecule has 0 aliphatic rings. The summed E-state index contributed by atoms with van der Waals surface area (Å²) >= 11 is 0. The molecule has 0 radical (unpaired) electrons. The first-order chi connectivity index (χ1) is 9.47. The number of nitro groups is 1. The van der Waals surface area contributed by atoms with E-state index in [2.05, 4.69) is 0 Å². The number of hydrogen-bond donors (Lipinski definition) is 1. The highest BCUT2D eigenvalue weighted by Gasteiger charge is 2.11. The molecule has 1 atom stereocenters. The van der Waals surface area contributed by atoms with Gasteiger partial charge in [-0.25, -0.2) is 4.39 Å². The molecule has 2 rings (SSSR count). The maximum atomic E-state index is 13.1. The first-order valence-electron chi connectivity index (χ1n) is 5.64. The first-order valence-corrected chi connectivity index (χ1v) is 6.96. The molecular weight excluding hydrogens is 283 g/mol. The van der Waals surface area contributed by atoms with Crippen LogP contribution < -0.4 is 5.73 Å². The van der Waals surface area contributed by atoms with E-state index < -0.39 is 21.5 Å². The number of benzene rings is 2. The summed E-state index contributed by atoms with van der Waals surface area (Å²) < 4.78 is 25.3. The third-order valence-electron chi connectivity index (χ3n) is 2.67. The Balaban J connectivity index is 2.19. The fraction of sp³-hybridized carbons (Fsp3) is 0.0769. The van der Waals surface area contributed by atoms with Gasteiger partial charge in [0.25, 0.3) is 5.69 Å². The molecule has 0 saturated heterocycles. The number of nitrogens with two attached hydrogens (primary N) is 1. The van der Waals surface area contributed by atoms with Gasteiger partial charge in [0.15, 0.2) is 0 Å². The molecule has 104 valence electrons. The Morgan fingerprint density at radius 2 is 1.85 bits per heavy atom. The zero-order valence-corrected chi connectivity index (χ0v) is 11.1. The van der Waals surface area contributed by atoms with Gasteiger partial charge in [-0.2, -0.15) is 0 Å². The highest BCUT2D eigenvalue weighted by atomic mass is 32.2. The molecule has 0 fully saturated rings. The molecule has 20 heavy (non-hydrogen) atoms. The minimum atomic E-state index is -1.51. The molecule has 5 nitrogen and oxygen atoms in total. The summed E-state index contributed by atoms with van der Waals surface area (Å²) in [5.74, 6) is -0.391. The van der Waals surface area contributed by atoms with Crippen LogP contribution >= 0.6 is 0 Å². The van der Waals surface area contributed by atoms with Crippen molar-refractivity contribution in [3.63, 3.8) is 0 Å². The number of non-ortho nitro benzene ring substituents is 1. The highest BCUT2D eigenvalue weighted by Crippen LogP contribution is 2.21. The Morgan fingerprint density at radius 1 is 1.20 bits per heavy atom. The third-order valence-corrected chi connectivity index (χ3v) is 4.11. The lowest BCUT2D eigenvalue weighted by atomic mass is 10.2. The van der Waals surface area contributed by atoms with Crippen molar-refractivity contribution < 1.29 is 13.5 Å². The molecule has 2 N–H and O–H groups in total. The van der Waals surface area contributed by atoms with Gasteiger partial charge < -0.3 is 5.73 Å². The summed E-state index contributed by atoms with van der Waals surface area (Å²) in [5, 5.41) is 10.5. The second-order valence-electron chi connectivity index (χ2n) is 4.10. The van der Waals surface area contributed by atoms with Crippen LogP contribution in [0.1, 0.15) is 5.56 Å². The molecule has 0 spiro atoms. The molecule has 0 saturated carbocycles. The van der Waals surface area contributed by atoms with Crippen molar-refractivity contribution in [2.45, 2.75) is 10.6 Å². The van der Waals surface area contributed by atoms with Crippen LogP contribution in [0.4, 0.5) is 15.8 Å². The van der Waals surface area contributed by atoms with Crippen LogP contribution in [-0.4, -0.2) is 9.13 Å². The summed E-state index contributed by atoms with van der Waals surface area (Å²) in [4.78, 5) is 10.2. The van der Waals surface area contributed by atoms with Gasteiger partial charge in [-0.3, -0.25) is 14.3 Å². The van der Waals surface area contributed by atoms with Crippen molar-refractivity contribution >= 4 is 22.2 Å². The molecule has 7 heteroatoms. The Morgan fingerprint density at radius 3 is 2.45 bits per heavy atom. The molecule has 1 unspecified atom stereocenters. The molecule has 0 amide bonds. The predicted molar refractivity (Wildman–Crippen MR) is 74.0 cm³/mol. The molecule has 0 aliphatic carbocycles. The van der Waals surface area contributed by atoms with Crippen LogP contribution in [0.25, 0.3) is 0 Å². The van der Waals surface area contributed by atoms with E-state index in [9.17, 15) is 18.7 Å².